The van der Waals surface area contributed by atoms with Crippen molar-refractivity contribution in [3.63, 3.8) is 0 Å². The molecule has 48 heavy (non-hydrogen) atoms. The highest BCUT2D eigenvalue weighted by molar-refractivity contribution is 6.19. The maximum absolute atomic E-state index is 6.29. The van der Waals surface area contributed by atoms with Crippen molar-refractivity contribution < 1.29 is 4.42 Å². The van der Waals surface area contributed by atoms with E-state index in [9.17, 15) is 0 Å². The number of rotatable bonds is 6. The van der Waals surface area contributed by atoms with Crippen LogP contribution in [0.15, 0.2) is 186 Å². The molecular formula is C45H30N2O. The van der Waals surface area contributed by atoms with Crippen molar-refractivity contribution in [2.75, 3.05) is 4.90 Å². The molecule has 0 amide bonds. The smallest absolute Gasteiger partial charge is 0.227 e. The van der Waals surface area contributed by atoms with Gasteiger partial charge in [-0.15, -0.1) is 0 Å². The Kier molecular flexibility index (Phi) is 6.80. The maximum Gasteiger partial charge on any atom is 0.227 e. The predicted octanol–water partition coefficient (Wildman–Crippen LogP) is 12.6. The van der Waals surface area contributed by atoms with Crippen molar-refractivity contribution in [1.29, 1.82) is 0 Å². The Labute approximate surface area is 279 Å². The van der Waals surface area contributed by atoms with Gasteiger partial charge in [0.05, 0.1) is 0 Å². The van der Waals surface area contributed by atoms with Crippen LogP contribution in [0, 0.1) is 0 Å². The summed E-state index contributed by atoms with van der Waals surface area (Å²) in [5.41, 5.74) is 10.7. The minimum Gasteiger partial charge on any atom is -0.436 e. The van der Waals surface area contributed by atoms with E-state index in [1.807, 2.05) is 36.4 Å². The molecule has 0 saturated carbocycles. The molecule has 0 spiro atoms. The van der Waals surface area contributed by atoms with Crippen molar-refractivity contribution in [3.05, 3.63) is 182 Å². The second kappa shape index (κ2) is 11.7. The molecule has 0 aliphatic rings. The topological polar surface area (TPSA) is 29.3 Å². The lowest BCUT2D eigenvalue weighted by Crippen LogP contribution is -2.09. The van der Waals surface area contributed by atoms with Gasteiger partial charge in [0.2, 0.25) is 5.89 Å². The summed E-state index contributed by atoms with van der Waals surface area (Å²) in [5.74, 6) is 0.631. The summed E-state index contributed by atoms with van der Waals surface area (Å²) in [4.78, 5) is 7.36. The van der Waals surface area contributed by atoms with Gasteiger partial charge in [-0.05, 0) is 93.0 Å². The molecule has 9 rings (SSSR count). The molecule has 0 N–H and O–H groups in total. The summed E-state index contributed by atoms with van der Waals surface area (Å²) in [6, 6.07) is 64.0. The molecule has 0 saturated heterocycles. The third kappa shape index (κ3) is 4.90. The number of fused-ring (bicyclic) bond motifs is 5. The van der Waals surface area contributed by atoms with Crippen LogP contribution in [0.2, 0.25) is 0 Å². The van der Waals surface area contributed by atoms with E-state index in [0.29, 0.717) is 5.89 Å². The van der Waals surface area contributed by atoms with Crippen LogP contribution in [-0.2, 0) is 0 Å². The number of hydrogen-bond donors (Lipinski definition) is 0. The number of para-hydroxylation sites is 1. The van der Waals surface area contributed by atoms with Gasteiger partial charge in [-0.2, -0.15) is 0 Å². The van der Waals surface area contributed by atoms with Crippen LogP contribution >= 0.6 is 0 Å². The molecule has 1 heterocycles. The Morgan fingerprint density at radius 3 is 1.65 bits per heavy atom. The van der Waals surface area contributed by atoms with Crippen molar-refractivity contribution in [3.8, 4) is 33.7 Å². The van der Waals surface area contributed by atoms with Crippen LogP contribution in [0.3, 0.4) is 0 Å². The second-order valence-electron chi connectivity index (χ2n) is 12.0. The third-order valence-electron chi connectivity index (χ3n) is 9.08. The highest BCUT2D eigenvalue weighted by Crippen LogP contribution is 2.41. The average molecular weight is 615 g/mol. The first-order valence-electron chi connectivity index (χ1n) is 16.2. The quantitative estimate of drug-likeness (QED) is 0.175. The summed E-state index contributed by atoms with van der Waals surface area (Å²) in [5, 5.41) is 4.52. The van der Waals surface area contributed by atoms with Crippen molar-refractivity contribution in [2.45, 2.75) is 0 Å². The Morgan fingerprint density at radius 2 is 0.938 bits per heavy atom. The Hall–Kier alpha value is -6.45. The summed E-state index contributed by atoms with van der Waals surface area (Å²) in [6.07, 6.45) is 0. The van der Waals surface area contributed by atoms with Gasteiger partial charge in [-0.3, -0.25) is 0 Å². The van der Waals surface area contributed by atoms with Gasteiger partial charge >= 0.3 is 0 Å². The highest BCUT2D eigenvalue weighted by atomic mass is 16.3. The molecule has 0 fully saturated rings. The van der Waals surface area contributed by atoms with Crippen LogP contribution in [0.25, 0.3) is 66.4 Å². The normalized spacial score (nSPS) is 11.3. The molecule has 0 aliphatic carbocycles. The van der Waals surface area contributed by atoms with Crippen LogP contribution < -0.4 is 4.90 Å². The molecule has 0 aliphatic heterocycles. The van der Waals surface area contributed by atoms with Gasteiger partial charge in [0, 0.05) is 28.0 Å². The Morgan fingerprint density at radius 1 is 0.417 bits per heavy atom. The minimum atomic E-state index is 0.631. The lowest BCUT2D eigenvalue weighted by atomic mass is 9.94. The van der Waals surface area contributed by atoms with Crippen molar-refractivity contribution >= 4 is 49.7 Å². The molecular weight excluding hydrogens is 585 g/mol. The predicted molar refractivity (Wildman–Crippen MR) is 200 cm³/mol. The van der Waals surface area contributed by atoms with Crippen LogP contribution in [0.4, 0.5) is 17.1 Å². The van der Waals surface area contributed by atoms with Gasteiger partial charge in [0.25, 0.3) is 0 Å². The average Bonchev–Trinajstić information content (AvgIpc) is 3.61. The summed E-state index contributed by atoms with van der Waals surface area (Å²) < 4.78 is 6.29. The molecule has 3 nitrogen and oxygen atoms in total. The molecule has 0 bridgehead atoms. The van der Waals surface area contributed by atoms with E-state index in [1.54, 1.807) is 0 Å². The van der Waals surface area contributed by atoms with Crippen molar-refractivity contribution in [2.24, 2.45) is 0 Å². The number of aromatic nitrogens is 1. The van der Waals surface area contributed by atoms with Gasteiger partial charge in [-0.25, -0.2) is 4.98 Å². The van der Waals surface area contributed by atoms with Gasteiger partial charge in [0.15, 0.2) is 5.58 Å². The fraction of sp³-hybridized carbons (Fsp3) is 0. The van der Waals surface area contributed by atoms with E-state index in [2.05, 4.69) is 150 Å². The van der Waals surface area contributed by atoms with Gasteiger partial charge in [0.1, 0.15) is 5.52 Å². The first-order chi connectivity index (χ1) is 23.8. The first-order valence-corrected chi connectivity index (χ1v) is 16.2. The highest BCUT2D eigenvalue weighted by Gasteiger charge is 2.17. The molecule has 8 aromatic carbocycles. The zero-order valence-electron chi connectivity index (χ0n) is 26.1. The van der Waals surface area contributed by atoms with E-state index >= 15 is 0 Å². The van der Waals surface area contributed by atoms with E-state index < -0.39 is 0 Å². The molecule has 3 heteroatoms. The lowest BCUT2D eigenvalue weighted by Gasteiger charge is -2.26. The van der Waals surface area contributed by atoms with Gasteiger partial charge < -0.3 is 9.32 Å². The van der Waals surface area contributed by atoms with Crippen LogP contribution in [-0.4, -0.2) is 4.98 Å². The largest absolute Gasteiger partial charge is 0.436 e. The SMILES string of the molecule is c1ccc(-c2nc3c(ccc4ccc5ccc(N(c6ccccc6)c6ccc(-c7ccccc7-c7ccccc7)cc6)cc5c43)o2)cc1. The molecule has 0 atom stereocenters. The van der Waals surface area contributed by atoms with Gasteiger partial charge in [-0.1, -0.05) is 127 Å². The fourth-order valence-electron chi connectivity index (χ4n) is 6.78. The van der Waals surface area contributed by atoms with E-state index in [-0.39, 0.29) is 0 Å². The molecule has 0 radical (unpaired) electrons. The molecule has 1 aromatic heterocycles. The minimum absolute atomic E-state index is 0.631. The fourth-order valence-corrected chi connectivity index (χ4v) is 6.78. The molecule has 0 unspecified atom stereocenters. The van der Waals surface area contributed by atoms with E-state index in [4.69, 9.17) is 9.40 Å². The standard InChI is InChI=1S/C45H30N2O/c1-4-12-31(13-5-1)39-18-10-11-19-40(39)32-22-26-37(27-23-32)47(36-16-8-3-9-17-36)38-28-24-33-20-21-34-25-29-42-44(43(34)41(33)30-38)46-45(48-42)35-14-6-2-7-15-35/h1-30H. The van der Waals surface area contributed by atoms with E-state index in [0.717, 1.165) is 55.3 Å². The van der Waals surface area contributed by atoms with Crippen LogP contribution in [0.5, 0.6) is 0 Å². The summed E-state index contributed by atoms with van der Waals surface area (Å²) in [6.45, 7) is 0. The number of oxazole rings is 1. The zero-order valence-corrected chi connectivity index (χ0v) is 26.1. The number of benzene rings is 8. The third-order valence-corrected chi connectivity index (χ3v) is 9.08. The number of anilines is 3. The Bertz CT molecular complexity index is 2540. The Balaban J connectivity index is 1.19. The molecule has 9 aromatic rings. The van der Waals surface area contributed by atoms with E-state index in [1.165, 1.54) is 22.3 Å². The number of hydrogen-bond acceptors (Lipinski definition) is 3. The zero-order chi connectivity index (χ0) is 31.9. The monoisotopic (exact) mass is 614 g/mol. The van der Waals surface area contributed by atoms with Crippen LogP contribution in [0.1, 0.15) is 0 Å². The molecule has 226 valence electrons. The summed E-state index contributed by atoms with van der Waals surface area (Å²) >= 11 is 0. The summed E-state index contributed by atoms with van der Waals surface area (Å²) in [7, 11) is 0. The first kappa shape index (κ1) is 27.8. The van der Waals surface area contributed by atoms with Crippen molar-refractivity contribution in [1.82, 2.24) is 4.98 Å². The number of nitrogens with zero attached hydrogens (tertiary/aromatic N) is 2. The lowest BCUT2D eigenvalue weighted by molar-refractivity contribution is 0.620. The second-order valence-corrected chi connectivity index (χ2v) is 12.0. The maximum atomic E-state index is 6.29.